The van der Waals surface area contributed by atoms with Crippen molar-refractivity contribution in [2.75, 3.05) is 18.9 Å². The molecular formula is C22H25NO4S. The van der Waals surface area contributed by atoms with Crippen LogP contribution in [0, 0.1) is 0 Å². The highest BCUT2D eigenvalue weighted by molar-refractivity contribution is 7.89. The quantitative estimate of drug-likeness (QED) is 0.718. The van der Waals surface area contributed by atoms with E-state index in [9.17, 15) is 8.42 Å². The SMILES string of the molecule is O=S(=O)(CCc1ccc2c(c1)CCO2)N(CC1Cc2ccccc2O1)C1CC1. The lowest BCUT2D eigenvalue weighted by Crippen LogP contribution is -2.42. The highest BCUT2D eigenvalue weighted by atomic mass is 32.2. The average molecular weight is 400 g/mol. The number of benzene rings is 2. The number of hydrogen-bond acceptors (Lipinski definition) is 4. The van der Waals surface area contributed by atoms with Crippen molar-refractivity contribution in [1.29, 1.82) is 0 Å². The summed E-state index contributed by atoms with van der Waals surface area (Å²) in [5.41, 5.74) is 3.42. The molecule has 3 aliphatic rings. The molecule has 1 atom stereocenters. The Kier molecular flexibility index (Phi) is 4.56. The third kappa shape index (κ3) is 3.63. The van der Waals surface area contributed by atoms with Gasteiger partial charge in [0.05, 0.1) is 18.9 Å². The number of para-hydroxylation sites is 1. The van der Waals surface area contributed by atoms with Crippen LogP contribution >= 0.6 is 0 Å². The molecule has 0 amide bonds. The van der Waals surface area contributed by atoms with Crippen LogP contribution in [0.25, 0.3) is 0 Å². The van der Waals surface area contributed by atoms with Crippen molar-refractivity contribution in [3.8, 4) is 11.5 Å². The van der Waals surface area contributed by atoms with E-state index < -0.39 is 10.0 Å². The second-order valence-electron chi connectivity index (χ2n) is 7.96. The highest BCUT2D eigenvalue weighted by Gasteiger charge is 2.39. The lowest BCUT2D eigenvalue weighted by atomic mass is 10.1. The Morgan fingerprint density at radius 3 is 2.71 bits per heavy atom. The summed E-state index contributed by atoms with van der Waals surface area (Å²) in [5, 5.41) is 0. The molecule has 2 aromatic carbocycles. The van der Waals surface area contributed by atoms with Gasteiger partial charge in [-0.2, -0.15) is 4.31 Å². The van der Waals surface area contributed by atoms with Gasteiger partial charge in [0.15, 0.2) is 0 Å². The van der Waals surface area contributed by atoms with E-state index in [0.717, 1.165) is 49.4 Å². The van der Waals surface area contributed by atoms with Crippen molar-refractivity contribution < 1.29 is 17.9 Å². The van der Waals surface area contributed by atoms with Crippen LogP contribution in [-0.4, -0.2) is 43.8 Å². The van der Waals surface area contributed by atoms with Crippen LogP contribution < -0.4 is 9.47 Å². The zero-order chi connectivity index (χ0) is 19.1. The maximum atomic E-state index is 13.1. The molecule has 1 aliphatic carbocycles. The molecule has 1 saturated carbocycles. The first-order valence-corrected chi connectivity index (χ1v) is 11.7. The Morgan fingerprint density at radius 2 is 1.89 bits per heavy atom. The van der Waals surface area contributed by atoms with Crippen LogP contribution in [0.3, 0.4) is 0 Å². The fraction of sp³-hybridized carbons (Fsp3) is 0.455. The van der Waals surface area contributed by atoms with Crippen LogP contribution in [0.5, 0.6) is 11.5 Å². The Bertz CT molecular complexity index is 959. The third-order valence-corrected chi connectivity index (χ3v) is 7.69. The first-order valence-electron chi connectivity index (χ1n) is 10.1. The van der Waals surface area contributed by atoms with Crippen molar-refractivity contribution in [2.24, 2.45) is 0 Å². The number of nitrogens with zero attached hydrogens (tertiary/aromatic N) is 1. The summed E-state index contributed by atoms with van der Waals surface area (Å²) in [5.74, 6) is 1.97. The van der Waals surface area contributed by atoms with Crippen LogP contribution in [0.4, 0.5) is 0 Å². The van der Waals surface area contributed by atoms with Gasteiger partial charge in [-0.25, -0.2) is 8.42 Å². The lowest BCUT2D eigenvalue weighted by Gasteiger charge is -2.25. The van der Waals surface area contributed by atoms with E-state index in [-0.39, 0.29) is 17.9 Å². The molecule has 0 aromatic heterocycles. The summed E-state index contributed by atoms with van der Waals surface area (Å²) in [6.07, 6.45) is 4.03. The van der Waals surface area contributed by atoms with Gasteiger partial charge in [0.1, 0.15) is 17.6 Å². The van der Waals surface area contributed by atoms with E-state index in [1.54, 1.807) is 4.31 Å². The van der Waals surface area contributed by atoms with Crippen molar-refractivity contribution in [3.63, 3.8) is 0 Å². The minimum absolute atomic E-state index is 0.0927. The maximum absolute atomic E-state index is 13.1. The number of aryl methyl sites for hydroxylation is 1. The van der Waals surface area contributed by atoms with Crippen molar-refractivity contribution >= 4 is 10.0 Å². The predicted molar refractivity (Wildman–Crippen MR) is 107 cm³/mol. The first kappa shape index (κ1) is 18.0. The van der Waals surface area contributed by atoms with Gasteiger partial charge in [-0.1, -0.05) is 30.3 Å². The van der Waals surface area contributed by atoms with E-state index in [0.29, 0.717) is 13.0 Å². The number of rotatable bonds is 7. The van der Waals surface area contributed by atoms with Gasteiger partial charge >= 0.3 is 0 Å². The van der Waals surface area contributed by atoms with E-state index in [1.807, 2.05) is 30.3 Å². The van der Waals surface area contributed by atoms with Crippen LogP contribution in [0.2, 0.25) is 0 Å². The number of ether oxygens (including phenoxy) is 2. The molecule has 148 valence electrons. The minimum atomic E-state index is -3.32. The number of fused-ring (bicyclic) bond motifs is 2. The smallest absolute Gasteiger partial charge is 0.214 e. The second kappa shape index (κ2) is 7.08. The van der Waals surface area contributed by atoms with Gasteiger partial charge in [0, 0.05) is 18.9 Å². The van der Waals surface area contributed by atoms with Gasteiger partial charge in [0.2, 0.25) is 10.0 Å². The maximum Gasteiger partial charge on any atom is 0.214 e. The van der Waals surface area contributed by atoms with E-state index in [1.165, 1.54) is 11.1 Å². The summed E-state index contributed by atoms with van der Waals surface area (Å²) < 4.78 is 39.5. The predicted octanol–water partition coefficient (Wildman–Crippen LogP) is 2.96. The topological polar surface area (TPSA) is 55.8 Å². The molecular weight excluding hydrogens is 374 g/mol. The van der Waals surface area contributed by atoms with E-state index in [2.05, 4.69) is 12.1 Å². The largest absolute Gasteiger partial charge is 0.493 e. The van der Waals surface area contributed by atoms with Crippen molar-refractivity contribution in [1.82, 2.24) is 4.31 Å². The molecule has 1 unspecified atom stereocenters. The van der Waals surface area contributed by atoms with E-state index >= 15 is 0 Å². The number of hydrogen-bond donors (Lipinski definition) is 0. The minimum Gasteiger partial charge on any atom is -0.493 e. The standard InChI is InChI=1S/C22H25NO4S/c24-28(25,12-10-16-5-8-21-18(13-16)9-11-26-21)23(19-6-7-19)15-20-14-17-3-1-2-4-22(17)27-20/h1-5,8,13,19-20H,6-7,9-12,14-15H2. The van der Waals surface area contributed by atoms with Crippen molar-refractivity contribution in [2.45, 2.75) is 44.2 Å². The van der Waals surface area contributed by atoms with Gasteiger partial charge in [-0.05, 0) is 48.1 Å². The van der Waals surface area contributed by atoms with E-state index in [4.69, 9.17) is 9.47 Å². The summed E-state index contributed by atoms with van der Waals surface area (Å²) in [6, 6.07) is 14.2. The molecule has 1 fully saturated rings. The lowest BCUT2D eigenvalue weighted by molar-refractivity contribution is 0.192. The fourth-order valence-electron chi connectivity index (χ4n) is 4.17. The third-order valence-electron chi connectivity index (χ3n) is 5.81. The van der Waals surface area contributed by atoms with Crippen LogP contribution in [0.15, 0.2) is 42.5 Å². The monoisotopic (exact) mass is 399 g/mol. The molecule has 2 heterocycles. The molecule has 6 heteroatoms. The van der Waals surface area contributed by atoms with Gasteiger partial charge in [-0.3, -0.25) is 0 Å². The molecule has 0 saturated heterocycles. The van der Waals surface area contributed by atoms with Gasteiger partial charge in [0.25, 0.3) is 0 Å². The molecule has 5 nitrogen and oxygen atoms in total. The van der Waals surface area contributed by atoms with Crippen molar-refractivity contribution in [3.05, 3.63) is 59.2 Å². The molecule has 28 heavy (non-hydrogen) atoms. The normalized spacial score (nSPS) is 20.5. The first-order chi connectivity index (χ1) is 13.6. The molecule has 0 spiro atoms. The molecule has 5 rings (SSSR count). The Morgan fingerprint density at radius 1 is 1.04 bits per heavy atom. The summed E-state index contributed by atoms with van der Waals surface area (Å²) >= 11 is 0. The summed E-state index contributed by atoms with van der Waals surface area (Å²) in [7, 11) is -3.32. The Labute approximate surface area is 166 Å². The molecule has 2 aliphatic heterocycles. The summed E-state index contributed by atoms with van der Waals surface area (Å²) in [4.78, 5) is 0. The number of sulfonamides is 1. The fourth-order valence-corrected chi connectivity index (χ4v) is 5.95. The average Bonchev–Trinajstić information content (AvgIpc) is 3.26. The zero-order valence-corrected chi connectivity index (χ0v) is 16.7. The Hall–Kier alpha value is -2.05. The van der Waals surface area contributed by atoms with Gasteiger partial charge < -0.3 is 9.47 Å². The molecule has 2 aromatic rings. The molecule has 0 radical (unpaired) electrons. The van der Waals surface area contributed by atoms with Crippen LogP contribution in [0.1, 0.15) is 29.5 Å². The van der Waals surface area contributed by atoms with Crippen LogP contribution in [-0.2, 0) is 29.3 Å². The summed E-state index contributed by atoms with van der Waals surface area (Å²) in [6.45, 7) is 1.16. The Balaban J connectivity index is 1.25. The molecule has 0 bridgehead atoms. The highest BCUT2D eigenvalue weighted by Crippen LogP contribution is 2.34. The molecule has 0 N–H and O–H groups in total. The zero-order valence-electron chi connectivity index (χ0n) is 15.8. The van der Waals surface area contributed by atoms with Gasteiger partial charge in [-0.15, -0.1) is 0 Å². The second-order valence-corrected chi connectivity index (χ2v) is 10.0.